The van der Waals surface area contributed by atoms with Crippen LogP contribution in [0.25, 0.3) is 0 Å². The quantitative estimate of drug-likeness (QED) is 0.632. The van der Waals surface area contributed by atoms with Crippen molar-refractivity contribution in [2.24, 2.45) is 0 Å². The largest absolute Gasteiger partial charge is 0.476 e. The Balaban J connectivity index is 2.56. The van der Waals surface area contributed by atoms with Crippen LogP contribution >= 0.6 is 11.3 Å². The molecule has 0 spiro atoms. The first-order chi connectivity index (χ1) is 7.63. The standard InChI is InChI=1S/C10H9NO4S/c1-2-15-9(12)5-3-4-8-11-7(6-16-8)10(13)14/h6H,2,5H2,1H3,(H,13,14). The van der Waals surface area contributed by atoms with Crippen LogP contribution in [0.1, 0.15) is 28.8 Å². The van der Waals surface area contributed by atoms with Crippen molar-refractivity contribution >= 4 is 23.3 Å². The summed E-state index contributed by atoms with van der Waals surface area (Å²) in [7, 11) is 0. The van der Waals surface area contributed by atoms with Gasteiger partial charge < -0.3 is 9.84 Å². The molecule has 0 fully saturated rings. The molecule has 0 saturated carbocycles. The highest BCUT2D eigenvalue weighted by Gasteiger charge is 2.06. The Bertz CT molecular complexity index is 455. The molecular formula is C10H9NO4S. The van der Waals surface area contributed by atoms with Gasteiger partial charge >= 0.3 is 11.9 Å². The van der Waals surface area contributed by atoms with Crippen molar-refractivity contribution in [1.82, 2.24) is 4.98 Å². The number of aromatic carboxylic acids is 1. The van der Waals surface area contributed by atoms with Gasteiger partial charge in [-0.25, -0.2) is 9.78 Å². The van der Waals surface area contributed by atoms with Crippen LogP contribution in [0.2, 0.25) is 0 Å². The van der Waals surface area contributed by atoms with Crippen molar-refractivity contribution in [2.45, 2.75) is 13.3 Å². The van der Waals surface area contributed by atoms with Gasteiger partial charge in [0, 0.05) is 5.38 Å². The molecule has 0 aliphatic carbocycles. The molecule has 0 aliphatic heterocycles. The van der Waals surface area contributed by atoms with E-state index in [1.54, 1.807) is 6.92 Å². The minimum Gasteiger partial charge on any atom is -0.476 e. The summed E-state index contributed by atoms with van der Waals surface area (Å²) in [5, 5.41) is 10.4. The molecular weight excluding hydrogens is 230 g/mol. The summed E-state index contributed by atoms with van der Waals surface area (Å²) >= 11 is 1.13. The highest BCUT2D eigenvalue weighted by atomic mass is 32.1. The van der Waals surface area contributed by atoms with Gasteiger partial charge in [0.25, 0.3) is 0 Å². The van der Waals surface area contributed by atoms with E-state index in [0.717, 1.165) is 11.3 Å². The van der Waals surface area contributed by atoms with Crippen LogP contribution in [0.5, 0.6) is 0 Å². The lowest BCUT2D eigenvalue weighted by atomic mass is 10.4. The number of carbonyl (C=O) groups is 2. The molecule has 1 rings (SSSR count). The zero-order valence-corrected chi connectivity index (χ0v) is 9.34. The molecule has 0 unspecified atom stereocenters. The predicted octanol–water partition coefficient (Wildman–Crippen LogP) is 1.15. The van der Waals surface area contributed by atoms with Gasteiger partial charge in [-0.3, -0.25) is 4.79 Å². The molecule has 1 heterocycles. The van der Waals surface area contributed by atoms with Gasteiger partial charge in [0.05, 0.1) is 6.61 Å². The minimum absolute atomic E-state index is 0.0180. The minimum atomic E-state index is -1.09. The maximum Gasteiger partial charge on any atom is 0.355 e. The number of carboxylic acids is 1. The fourth-order valence-corrected chi connectivity index (χ4v) is 1.49. The van der Waals surface area contributed by atoms with Crippen molar-refractivity contribution in [2.75, 3.05) is 6.61 Å². The Hall–Kier alpha value is -1.87. The molecule has 1 N–H and O–H groups in total. The fourth-order valence-electron chi connectivity index (χ4n) is 0.833. The van der Waals surface area contributed by atoms with Gasteiger partial charge in [0.15, 0.2) is 10.7 Å². The van der Waals surface area contributed by atoms with Gasteiger partial charge in [0.2, 0.25) is 0 Å². The number of nitrogens with zero attached hydrogens (tertiary/aromatic N) is 1. The van der Waals surface area contributed by atoms with Crippen LogP contribution in [0.4, 0.5) is 0 Å². The van der Waals surface area contributed by atoms with Crippen molar-refractivity contribution < 1.29 is 19.4 Å². The number of carboxylic acid groups (broad SMARTS) is 1. The number of esters is 1. The number of rotatable bonds is 3. The van der Waals surface area contributed by atoms with Crippen LogP contribution in [-0.4, -0.2) is 28.6 Å². The number of thiazole rings is 1. The molecule has 84 valence electrons. The maximum absolute atomic E-state index is 10.9. The summed E-state index contributed by atoms with van der Waals surface area (Å²) < 4.78 is 4.67. The van der Waals surface area contributed by atoms with Crippen LogP contribution in [0.15, 0.2) is 5.38 Å². The Kier molecular flexibility index (Phi) is 4.48. The summed E-state index contributed by atoms with van der Waals surface area (Å²) in [6.07, 6.45) is -0.0180. The molecule has 6 heteroatoms. The van der Waals surface area contributed by atoms with E-state index in [9.17, 15) is 9.59 Å². The second-order valence-electron chi connectivity index (χ2n) is 2.63. The smallest absolute Gasteiger partial charge is 0.355 e. The van der Waals surface area contributed by atoms with Gasteiger partial charge in [-0.05, 0) is 12.8 Å². The first-order valence-corrected chi connectivity index (χ1v) is 5.34. The molecule has 16 heavy (non-hydrogen) atoms. The van der Waals surface area contributed by atoms with Gasteiger partial charge in [-0.15, -0.1) is 11.3 Å². The monoisotopic (exact) mass is 239 g/mol. The van der Waals surface area contributed by atoms with Crippen LogP contribution in [-0.2, 0) is 9.53 Å². The van der Waals surface area contributed by atoms with E-state index >= 15 is 0 Å². The molecule has 1 aromatic heterocycles. The highest BCUT2D eigenvalue weighted by Crippen LogP contribution is 2.07. The third-order valence-corrected chi connectivity index (χ3v) is 2.21. The SMILES string of the molecule is CCOC(=O)CC#Cc1nc(C(=O)O)cs1. The molecule has 0 atom stereocenters. The highest BCUT2D eigenvalue weighted by molar-refractivity contribution is 7.10. The second kappa shape index (κ2) is 5.88. The molecule has 0 aromatic carbocycles. The van der Waals surface area contributed by atoms with E-state index in [-0.39, 0.29) is 12.1 Å². The predicted molar refractivity (Wildman–Crippen MR) is 57.2 cm³/mol. The zero-order chi connectivity index (χ0) is 12.0. The van der Waals surface area contributed by atoms with Crippen LogP contribution in [0, 0.1) is 11.8 Å². The zero-order valence-electron chi connectivity index (χ0n) is 8.52. The van der Waals surface area contributed by atoms with Crippen molar-refractivity contribution in [3.8, 4) is 11.8 Å². The van der Waals surface area contributed by atoms with Crippen molar-refractivity contribution in [1.29, 1.82) is 0 Å². The Morgan fingerprint density at radius 2 is 2.38 bits per heavy atom. The maximum atomic E-state index is 10.9. The average molecular weight is 239 g/mol. The number of hydrogen-bond donors (Lipinski definition) is 1. The lowest BCUT2D eigenvalue weighted by Gasteiger charge is -1.94. The number of hydrogen-bond acceptors (Lipinski definition) is 5. The molecule has 0 amide bonds. The first kappa shape index (κ1) is 12.2. The van der Waals surface area contributed by atoms with E-state index in [4.69, 9.17) is 5.11 Å². The summed E-state index contributed by atoms with van der Waals surface area (Å²) in [5.74, 6) is 3.69. The molecule has 1 aromatic rings. The third kappa shape index (κ3) is 3.71. The Morgan fingerprint density at radius 1 is 1.62 bits per heavy atom. The molecule has 0 bridgehead atoms. The Labute approximate surface area is 96.1 Å². The van der Waals surface area contributed by atoms with Gasteiger partial charge in [0.1, 0.15) is 6.42 Å². The van der Waals surface area contributed by atoms with Crippen molar-refractivity contribution in [3.05, 3.63) is 16.1 Å². The summed E-state index contributed by atoms with van der Waals surface area (Å²) in [4.78, 5) is 25.2. The van der Waals surface area contributed by atoms with Gasteiger partial charge in [-0.2, -0.15) is 0 Å². The molecule has 0 aliphatic rings. The number of carbonyl (C=O) groups excluding carboxylic acids is 1. The van der Waals surface area contributed by atoms with Gasteiger partial charge in [-0.1, -0.05) is 5.92 Å². The van der Waals surface area contributed by atoms with E-state index in [1.807, 2.05) is 0 Å². The lowest BCUT2D eigenvalue weighted by molar-refractivity contribution is -0.141. The third-order valence-electron chi connectivity index (χ3n) is 1.46. The van der Waals surface area contributed by atoms with E-state index in [2.05, 4.69) is 21.6 Å². The fraction of sp³-hybridized carbons (Fsp3) is 0.300. The Morgan fingerprint density at radius 3 is 2.94 bits per heavy atom. The molecule has 0 radical (unpaired) electrons. The number of ether oxygens (including phenoxy) is 1. The van der Waals surface area contributed by atoms with Crippen molar-refractivity contribution in [3.63, 3.8) is 0 Å². The van der Waals surface area contributed by atoms with E-state index in [1.165, 1.54) is 5.38 Å². The lowest BCUT2D eigenvalue weighted by Crippen LogP contribution is -2.01. The van der Waals surface area contributed by atoms with E-state index < -0.39 is 11.9 Å². The first-order valence-electron chi connectivity index (χ1n) is 4.46. The second-order valence-corrected chi connectivity index (χ2v) is 3.48. The molecule has 5 nitrogen and oxygen atoms in total. The van der Waals surface area contributed by atoms with Crippen LogP contribution in [0.3, 0.4) is 0 Å². The summed E-state index contributed by atoms with van der Waals surface area (Å²) in [6, 6.07) is 0. The topological polar surface area (TPSA) is 76.5 Å². The van der Waals surface area contributed by atoms with Crippen LogP contribution < -0.4 is 0 Å². The normalized spacial score (nSPS) is 9.06. The van der Waals surface area contributed by atoms with E-state index in [0.29, 0.717) is 11.6 Å². The summed E-state index contributed by atoms with van der Waals surface area (Å²) in [5.41, 5.74) is -0.0366. The summed E-state index contributed by atoms with van der Waals surface area (Å²) in [6.45, 7) is 2.03. The number of aromatic nitrogens is 1. The molecule has 0 saturated heterocycles. The average Bonchev–Trinajstić information content (AvgIpc) is 2.67.